The van der Waals surface area contributed by atoms with Gasteiger partial charge in [0.1, 0.15) is 5.82 Å². The molecule has 1 aliphatic rings. The molecular formula is C17H25FN2O. The molecule has 0 aromatic heterocycles. The zero-order chi connectivity index (χ0) is 15.4. The molecule has 1 aromatic rings. The van der Waals surface area contributed by atoms with Gasteiger partial charge in [-0.15, -0.1) is 0 Å². The molecule has 0 atom stereocenters. The summed E-state index contributed by atoms with van der Waals surface area (Å²) in [7, 11) is 0. The molecule has 0 spiro atoms. The normalized spacial score (nSPS) is 14.3. The number of carbonyl (C=O) groups excluding carboxylic acids is 1. The summed E-state index contributed by atoms with van der Waals surface area (Å²) in [6.07, 6.45) is 3.01. The average molecular weight is 292 g/mol. The number of amides is 1. The molecule has 2 rings (SSSR count). The minimum absolute atomic E-state index is 0.0516. The van der Waals surface area contributed by atoms with E-state index in [-0.39, 0.29) is 11.7 Å². The Morgan fingerprint density at radius 1 is 1.43 bits per heavy atom. The minimum Gasteiger partial charge on any atom is -0.382 e. The SMILES string of the molecule is CCCNc1c(F)cccc1C(=O)N(CC(C)C)C1CC1. The van der Waals surface area contributed by atoms with Crippen molar-refractivity contribution in [1.29, 1.82) is 0 Å². The van der Waals surface area contributed by atoms with E-state index in [4.69, 9.17) is 0 Å². The predicted octanol–water partition coefficient (Wildman–Crippen LogP) is 3.91. The topological polar surface area (TPSA) is 32.3 Å². The molecule has 1 aromatic carbocycles. The van der Waals surface area contributed by atoms with Crippen molar-refractivity contribution < 1.29 is 9.18 Å². The lowest BCUT2D eigenvalue weighted by atomic mass is 10.1. The van der Waals surface area contributed by atoms with Crippen molar-refractivity contribution in [2.24, 2.45) is 5.92 Å². The first kappa shape index (κ1) is 15.8. The molecule has 3 nitrogen and oxygen atoms in total. The Morgan fingerprint density at radius 3 is 2.71 bits per heavy atom. The quantitative estimate of drug-likeness (QED) is 0.826. The van der Waals surface area contributed by atoms with Gasteiger partial charge in [-0.1, -0.05) is 26.8 Å². The van der Waals surface area contributed by atoms with Crippen LogP contribution in [0, 0.1) is 11.7 Å². The lowest BCUT2D eigenvalue weighted by Crippen LogP contribution is -2.36. The van der Waals surface area contributed by atoms with Crippen LogP contribution in [0.5, 0.6) is 0 Å². The largest absolute Gasteiger partial charge is 0.382 e. The van der Waals surface area contributed by atoms with E-state index < -0.39 is 0 Å². The highest BCUT2D eigenvalue weighted by atomic mass is 19.1. The van der Waals surface area contributed by atoms with E-state index in [1.807, 2.05) is 11.8 Å². The van der Waals surface area contributed by atoms with Crippen molar-refractivity contribution in [1.82, 2.24) is 4.90 Å². The summed E-state index contributed by atoms with van der Waals surface area (Å²) < 4.78 is 14.0. The zero-order valence-electron chi connectivity index (χ0n) is 13.2. The van der Waals surface area contributed by atoms with Gasteiger partial charge in [0, 0.05) is 19.1 Å². The summed E-state index contributed by atoms with van der Waals surface area (Å²) in [4.78, 5) is 14.7. The van der Waals surface area contributed by atoms with Crippen LogP contribution < -0.4 is 5.32 Å². The van der Waals surface area contributed by atoms with Crippen molar-refractivity contribution in [3.05, 3.63) is 29.6 Å². The van der Waals surface area contributed by atoms with Crippen LogP contribution in [0.25, 0.3) is 0 Å². The summed E-state index contributed by atoms with van der Waals surface area (Å²) >= 11 is 0. The summed E-state index contributed by atoms with van der Waals surface area (Å²) in [5.74, 6) is 0.00839. The maximum absolute atomic E-state index is 14.0. The summed E-state index contributed by atoms with van der Waals surface area (Å²) in [5, 5.41) is 3.06. The van der Waals surface area contributed by atoms with Crippen LogP contribution in [-0.4, -0.2) is 29.9 Å². The highest BCUT2D eigenvalue weighted by Gasteiger charge is 2.34. The van der Waals surface area contributed by atoms with Gasteiger partial charge in [-0.05, 0) is 37.3 Å². The summed E-state index contributed by atoms with van der Waals surface area (Å²) in [6, 6.07) is 5.07. The molecule has 1 aliphatic carbocycles. The standard InChI is InChI=1S/C17H25FN2O/c1-4-10-19-16-14(6-5-7-15(16)18)17(21)20(11-12(2)3)13-8-9-13/h5-7,12-13,19H,4,8-11H2,1-3H3. The van der Waals surface area contributed by atoms with Gasteiger partial charge in [-0.25, -0.2) is 4.39 Å². The van der Waals surface area contributed by atoms with Crippen LogP contribution in [0.1, 0.15) is 50.4 Å². The number of hydrogen-bond donors (Lipinski definition) is 1. The second-order valence-electron chi connectivity index (χ2n) is 6.17. The van der Waals surface area contributed by atoms with Gasteiger partial charge < -0.3 is 10.2 Å². The third-order valence-electron chi connectivity index (χ3n) is 3.61. The molecule has 1 amide bonds. The maximum Gasteiger partial charge on any atom is 0.256 e. The molecule has 21 heavy (non-hydrogen) atoms. The molecule has 116 valence electrons. The fourth-order valence-corrected chi connectivity index (χ4v) is 2.46. The number of para-hydroxylation sites is 1. The van der Waals surface area contributed by atoms with Crippen LogP contribution in [-0.2, 0) is 0 Å². The highest BCUT2D eigenvalue weighted by Crippen LogP contribution is 2.31. The second-order valence-corrected chi connectivity index (χ2v) is 6.17. The van der Waals surface area contributed by atoms with Crippen LogP contribution >= 0.6 is 0 Å². The Bertz CT molecular complexity index is 498. The molecule has 4 heteroatoms. The third-order valence-corrected chi connectivity index (χ3v) is 3.61. The number of carbonyl (C=O) groups is 1. The van der Waals surface area contributed by atoms with Gasteiger partial charge >= 0.3 is 0 Å². The Kier molecular flexibility index (Phi) is 5.21. The van der Waals surface area contributed by atoms with Crippen LogP contribution in [0.4, 0.5) is 10.1 Å². The van der Waals surface area contributed by atoms with Gasteiger partial charge in [-0.3, -0.25) is 4.79 Å². The third kappa shape index (κ3) is 3.96. The molecule has 0 saturated heterocycles. The molecule has 0 unspecified atom stereocenters. The minimum atomic E-state index is -0.352. The first-order chi connectivity index (χ1) is 10.0. The fourth-order valence-electron chi connectivity index (χ4n) is 2.46. The summed E-state index contributed by atoms with van der Waals surface area (Å²) in [6.45, 7) is 7.61. The number of hydrogen-bond acceptors (Lipinski definition) is 2. The van der Waals surface area contributed by atoms with Crippen molar-refractivity contribution >= 4 is 11.6 Å². The van der Waals surface area contributed by atoms with E-state index >= 15 is 0 Å². The molecule has 0 aliphatic heterocycles. The molecule has 0 radical (unpaired) electrons. The number of nitrogens with one attached hydrogen (secondary N) is 1. The first-order valence-corrected chi connectivity index (χ1v) is 7.88. The Balaban J connectivity index is 2.26. The fraction of sp³-hybridized carbons (Fsp3) is 0.588. The molecule has 1 fully saturated rings. The van der Waals surface area contributed by atoms with E-state index in [1.165, 1.54) is 6.07 Å². The van der Waals surface area contributed by atoms with Crippen molar-refractivity contribution in [2.75, 3.05) is 18.4 Å². The zero-order valence-corrected chi connectivity index (χ0v) is 13.2. The van der Waals surface area contributed by atoms with E-state index in [0.29, 0.717) is 29.8 Å². The van der Waals surface area contributed by atoms with Gasteiger partial charge in [0.25, 0.3) is 5.91 Å². The van der Waals surface area contributed by atoms with E-state index in [0.717, 1.165) is 25.8 Å². The lowest BCUT2D eigenvalue weighted by Gasteiger charge is -2.25. The van der Waals surface area contributed by atoms with E-state index in [1.54, 1.807) is 12.1 Å². The molecule has 1 saturated carbocycles. The molecule has 0 heterocycles. The van der Waals surface area contributed by atoms with Crippen molar-refractivity contribution in [2.45, 2.75) is 46.1 Å². The van der Waals surface area contributed by atoms with Crippen LogP contribution in [0.3, 0.4) is 0 Å². The predicted molar refractivity (Wildman–Crippen MR) is 84.1 cm³/mol. The van der Waals surface area contributed by atoms with Gasteiger partial charge in [0.2, 0.25) is 0 Å². The van der Waals surface area contributed by atoms with Crippen LogP contribution in [0.2, 0.25) is 0 Å². The number of nitrogens with zero attached hydrogens (tertiary/aromatic N) is 1. The molecule has 0 bridgehead atoms. The Hall–Kier alpha value is -1.58. The van der Waals surface area contributed by atoms with E-state index in [2.05, 4.69) is 19.2 Å². The van der Waals surface area contributed by atoms with Gasteiger partial charge in [0.05, 0.1) is 11.3 Å². The maximum atomic E-state index is 14.0. The van der Waals surface area contributed by atoms with Gasteiger partial charge in [0.15, 0.2) is 0 Å². The van der Waals surface area contributed by atoms with Gasteiger partial charge in [-0.2, -0.15) is 0 Å². The highest BCUT2D eigenvalue weighted by molar-refractivity contribution is 6.00. The monoisotopic (exact) mass is 292 g/mol. The number of benzene rings is 1. The van der Waals surface area contributed by atoms with Crippen LogP contribution in [0.15, 0.2) is 18.2 Å². The second kappa shape index (κ2) is 6.92. The Labute approximate surface area is 126 Å². The smallest absolute Gasteiger partial charge is 0.256 e. The number of anilines is 1. The summed E-state index contributed by atoms with van der Waals surface area (Å²) in [5.41, 5.74) is 0.801. The van der Waals surface area contributed by atoms with E-state index in [9.17, 15) is 9.18 Å². The number of rotatable bonds is 7. The lowest BCUT2D eigenvalue weighted by molar-refractivity contribution is 0.0723. The average Bonchev–Trinajstić information content (AvgIpc) is 3.27. The van der Waals surface area contributed by atoms with Crippen molar-refractivity contribution in [3.63, 3.8) is 0 Å². The van der Waals surface area contributed by atoms with Crippen molar-refractivity contribution in [3.8, 4) is 0 Å². The first-order valence-electron chi connectivity index (χ1n) is 7.88. The Morgan fingerprint density at radius 2 is 2.14 bits per heavy atom. The number of halogens is 1. The molecular weight excluding hydrogens is 267 g/mol. The molecule has 1 N–H and O–H groups in total.